The van der Waals surface area contributed by atoms with Gasteiger partial charge in [0.15, 0.2) is 0 Å². The van der Waals surface area contributed by atoms with Crippen LogP contribution in [0.2, 0.25) is 0 Å². The Bertz CT molecular complexity index is 578. The van der Waals surface area contributed by atoms with Crippen molar-refractivity contribution in [2.75, 3.05) is 25.9 Å². The minimum absolute atomic E-state index is 0.131. The average molecular weight is 300 g/mol. The summed E-state index contributed by atoms with van der Waals surface area (Å²) in [6.07, 6.45) is -0.262. The van der Waals surface area contributed by atoms with E-state index in [9.17, 15) is 8.42 Å². The molecule has 0 amide bonds. The Hall–Kier alpha value is -1.31. The average Bonchev–Trinajstić information content (AvgIpc) is 2.37. The summed E-state index contributed by atoms with van der Waals surface area (Å²) < 4.78 is 37.6. The van der Waals surface area contributed by atoms with Gasteiger partial charge in [-0.05, 0) is 26.0 Å². The van der Waals surface area contributed by atoms with Gasteiger partial charge in [-0.3, -0.25) is 0 Å². The lowest BCUT2D eigenvalue weighted by Crippen LogP contribution is -2.48. The molecule has 0 aliphatic carbocycles. The van der Waals surface area contributed by atoms with Crippen LogP contribution in [0, 0.1) is 0 Å². The van der Waals surface area contributed by atoms with Gasteiger partial charge in [0.2, 0.25) is 10.0 Å². The number of nitrogens with two attached hydrogens (primary N) is 1. The molecule has 1 fully saturated rings. The highest BCUT2D eigenvalue weighted by atomic mass is 32.2. The molecule has 1 aliphatic heterocycles. The highest BCUT2D eigenvalue weighted by molar-refractivity contribution is 7.89. The molecule has 6 nitrogen and oxygen atoms in total. The number of nitrogen functional groups attached to an aromatic ring is 1. The second-order valence-electron chi connectivity index (χ2n) is 4.99. The summed E-state index contributed by atoms with van der Waals surface area (Å²) in [5.74, 6) is 0.261. The van der Waals surface area contributed by atoms with Crippen LogP contribution in [-0.4, -0.2) is 45.1 Å². The molecule has 0 spiro atoms. The van der Waals surface area contributed by atoms with E-state index < -0.39 is 10.0 Å². The van der Waals surface area contributed by atoms with Crippen molar-refractivity contribution in [1.82, 2.24) is 4.31 Å². The number of anilines is 1. The van der Waals surface area contributed by atoms with Gasteiger partial charge in [-0.15, -0.1) is 0 Å². The number of nitrogens with zero attached hydrogens (tertiary/aromatic N) is 1. The minimum Gasteiger partial charge on any atom is -0.495 e. The second-order valence-corrected chi connectivity index (χ2v) is 6.90. The number of benzene rings is 1. The Balaban J connectivity index is 2.39. The molecule has 20 heavy (non-hydrogen) atoms. The zero-order valence-corrected chi connectivity index (χ0v) is 12.7. The predicted octanol–water partition coefficient (Wildman–Crippen LogP) is 1.08. The van der Waals surface area contributed by atoms with Gasteiger partial charge in [-0.25, -0.2) is 8.42 Å². The molecular weight excluding hydrogens is 280 g/mol. The molecule has 1 aromatic rings. The fourth-order valence-corrected chi connectivity index (χ4v) is 4.09. The van der Waals surface area contributed by atoms with E-state index in [1.807, 2.05) is 13.8 Å². The fraction of sp³-hybridized carbons (Fsp3) is 0.538. The van der Waals surface area contributed by atoms with Gasteiger partial charge < -0.3 is 15.2 Å². The molecule has 0 bridgehead atoms. The lowest BCUT2D eigenvalue weighted by atomic mass is 10.3. The van der Waals surface area contributed by atoms with Crippen LogP contribution in [0.3, 0.4) is 0 Å². The van der Waals surface area contributed by atoms with Crippen LogP contribution >= 0.6 is 0 Å². The van der Waals surface area contributed by atoms with Gasteiger partial charge in [0.1, 0.15) is 10.6 Å². The smallest absolute Gasteiger partial charge is 0.246 e. The van der Waals surface area contributed by atoms with E-state index in [0.717, 1.165) is 0 Å². The SMILES string of the molecule is COc1cc(N)ccc1S(=O)(=O)N1CC(C)OC(C)C1. The summed E-state index contributed by atoms with van der Waals surface area (Å²) in [5.41, 5.74) is 6.12. The summed E-state index contributed by atoms with van der Waals surface area (Å²) in [6, 6.07) is 4.55. The highest BCUT2D eigenvalue weighted by Gasteiger charge is 2.33. The first kappa shape index (κ1) is 15.1. The van der Waals surface area contributed by atoms with E-state index in [-0.39, 0.29) is 22.9 Å². The van der Waals surface area contributed by atoms with Crippen molar-refractivity contribution < 1.29 is 17.9 Å². The maximum Gasteiger partial charge on any atom is 0.246 e. The summed E-state index contributed by atoms with van der Waals surface area (Å²) in [4.78, 5) is 0.135. The number of hydrogen-bond donors (Lipinski definition) is 1. The van der Waals surface area contributed by atoms with Crippen LogP contribution in [0.15, 0.2) is 23.1 Å². The van der Waals surface area contributed by atoms with Gasteiger partial charge in [0.25, 0.3) is 0 Å². The number of morpholine rings is 1. The zero-order valence-electron chi connectivity index (χ0n) is 11.9. The Labute approximate surface area is 119 Å². The summed E-state index contributed by atoms with van der Waals surface area (Å²) >= 11 is 0. The highest BCUT2D eigenvalue weighted by Crippen LogP contribution is 2.30. The quantitative estimate of drug-likeness (QED) is 0.845. The number of sulfonamides is 1. The van der Waals surface area contributed by atoms with Crippen molar-refractivity contribution in [2.24, 2.45) is 0 Å². The lowest BCUT2D eigenvalue weighted by molar-refractivity contribution is -0.0441. The molecule has 0 aromatic heterocycles. The van der Waals surface area contributed by atoms with Crippen molar-refractivity contribution in [3.63, 3.8) is 0 Å². The van der Waals surface area contributed by atoms with Crippen LogP contribution in [0.25, 0.3) is 0 Å². The monoisotopic (exact) mass is 300 g/mol. The summed E-state index contributed by atoms with van der Waals surface area (Å²) in [5, 5.41) is 0. The van der Waals surface area contributed by atoms with Crippen molar-refractivity contribution in [2.45, 2.75) is 31.0 Å². The predicted molar refractivity (Wildman–Crippen MR) is 76.2 cm³/mol. The first-order valence-electron chi connectivity index (χ1n) is 6.43. The Morgan fingerprint density at radius 2 is 1.90 bits per heavy atom. The van der Waals surface area contributed by atoms with Crippen molar-refractivity contribution in [1.29, 1.82) is 0 Å². The van der Waals surface area contributed by atoms with Crippen molar-refractivity contribution in [3.8, 4) is 5.75 Å². The van der Waals surface area contributed by atoms with Gasteiger partial charge in [-0.1, -0.05) is 0 Å². The molecule has 1 aromatic carbocycles. The molecular formula is C13H20N2O4S. The van der Waals surface area contributed by atoms with Crippen LogP contribution in [0.4, 0.5) is 5.69 Å². The zero-order chi connectivity index (χ0) is 14.9. The molecule has 7 heteroatoms. The largest absolute Gasteiger partial charge is 0.495 e. The molecule has 2 atom stereocenters. The molecule has 112 valence electrons. The third-order valence-electron chi connectivity index (χ3n) is 3.19. The number of ether oxygens (including phenoxy) is 2. The molecule has 1 saturated heterocycles. The lowest BCUT2D eigenvalue weighted by Gasteiger charge is -2.34. The summed E-state index contributed by atoms with van der Waals surface area (Å²) in [6.45, 7) is 4.39. The van der Waals surface area contributed by atoms with Crippen LogP contribution in [0.5, 0.6) is 5.75 Å². The van der Waals surface area contributed by atoms with Crippen LogP contribution < -0.4 is 10.5 Å². The molecule has 2 unspecified atom stereocenters. The molecule has 2 N–H and O–H groups in total. The standard InChI is InChI=1S/C13H20N2O4S/c1-9-7-15(8-10(2)19-9)20(16,17)13-5-4-11(14)6-12(13)18-3/h4-6,9-10H,7-8,14H2,1-3H3. The third-order valence-corrected chi connectivity index (χ3v) is 5.06. The Morgan fingerprint density at radius 1 is 1.30 bits per heavy atom. The minimum atomic E-state index is -3.61. The fourth-order valence-electron chi connectivity index (χ4n) is 2.36. The van der Waals surface area contributed by atoms with Crippen molar-refractivity contribution >= 4 is 15.7 Å². The molecule has 1 aliphatic rings. The number of methoxy groups -OCH3 is 1. The van der Waals surface area contributed by atoms with Crippen LogP contribution in [-0.2, 0) is 14.8 Å². The Morgan fingerprint density at radius 3 is 2.45 bits per heavy atom. The normalized spacial score (nSPS) is 24.6. The van der Waals surface area contributed by atoms with Crippen molar-refractivity contribution in [3.05, 3.63) is 18.2 Å². The van der Waals surface area contributed by atoms with Crippen LogP contribution in [0.1, 0.15) is 13.8 Å². The molecule has 0 radical (unpaired) electrons. The van der Waals surface area contributed by atoms with Gasteiger partial charge in [0, 0.05) is 24.8 Å². The van der Waals surface area contributed by atoms with E-state index in [1.165, 1.54) is 23.5 Å². The third kappa shape index (κ3) is 2.89. The van der Waals surface area contributed by atoms with Gasteiger partial charge in [-0.2, -0.15) is 4.31 Å². The van der Waals surface area contributed by atoms with Gasteiger partial charge >= 0.3 is 0 Å². The summed E-state index contributed by atoms with van der Waals surface area (Å²) in [7, 11) is -2.19. The number of hydrogen-bond acceptors (Lipinski definition) is 5. The van der Waals surface area contributed by atoms with E-state index in [0.29, 0.717) is 18.8 Å². The van der Waals surface area contributed by atoms with Gasteiger partial charge in [0.05, 0.1) is 19.3 Å². The molecule has 1 heterocycles. The molecule has 0 saturated carbocycles. The van der Waals surface area contributed by atoms with E-state index in [2.05, 4.69) is 0 Å². The maximum absolute atomic E-state index is 12.7. The topological polar surface area (TPSA) is 81.9 Å². The first-order valence-corrected chi connectivity index (χ1v) is 7.87. The number of rotatable bonds is 3. The van der Waals surface area contributed by atoms with E-state index in [4.69, 9.17) is 15.2 Å². The second kappa shape index (κ2) is 5.59. The van der Waals surface area contributed by atoms with E-state index >= 15 is 0 Å². The maximum atomic E-state index is 12.7. The molecule has 2 rings (SSSR count). The van der Waals surface area contributed by atoms with E-state index in [1.54, 1.807) is 6.07 Å². The Kier molecular flexibility index (Phi) is 4.22. The first-order chi connectivity index (χ1) is 9.34.